The van der Waals surface area contributed by atoms with E-state index < -0.39 is 12.5 Å². The first-order chi connectivity index (χ1) is 11.0. The van der Waals surface area contributed by atoms with Gasteiger partial charge in [-0.25, -0.2) is 0 Å². The maximum absolute atomic E-state index is 12.2. The zero-order chi connectivity index (χ0) is 16.8. The molecule has 0 unspecified atom stereocenters. The fourth-order valence-electron chi connectivity index (χ4n) is 2.37. The average Bonchev–Trinajstić information content (AvgIpc) is 2.84. The highest BCUT2D eigenvalue weighted by atomic mass is 19.3. The van der Waals surface area contributed by atoms with Crippen LogP contribution in [0.4, 0.5) is 8.78 Å². The number of hydrogen-bond acceptors (Lipinski definition) is 4. The van der Waals surface area contributed by atoms with Gasteiger partial charge < -0.3 is 19.7 Å². The van der Waals surface area contributed by atoms with Crippen LogP contribution in [0.2, 0.25) is 0 Å². The monoisotopic (exact) mass is 328 g/mol. The number of nitrogens with zero attached hydrogens (tertiary/aromatic N) is 1. The van der Waals surface area contributed by atoms with Crippen LogP contribution in [0.25, 0.3) is 0 Å². The van der Waals surface area contributed by atoms with Crippen LogP contribution in [0.15, 0.2) is 24.3 Å². The van der Waals surface area contributed by atoms with Gasteiger partial charge in [-0.05, 0) is 18.2 Å². The van der Waals surface area contributed by atoms with Gasteiger partial charge in [0.25, 0.3) is 5.91 Å². The predicted molar refractivity (Wildman–Crippen MR) is 77.4 cm³/mol. The molecule has 0 saturated carbocycles. The normalized spacial score (nSPS) is 17.7. The Hall–Kier alpha value is -2.22. The molecule has 0 aromatic heterocycles. The molecule has 1 aromatic rings. The second kappa shape index (κ2) is 7.87. The molecular formula is C15H18F2N2O4. The number of nitrogens with one attached hydrogen (secondary N) is 1. The smallest absolute Gasteiger partial charge is 0.387 e. The molecule has 1 fully saturated rings. The third kappa shape index (κ3) is 4.88. The molecule has 0 bridgehead atoms. The highest BCUT2D eigenvalue weighted by molar-refractivity contribution is 5.95. The Morgan fingerprint density at radius 2 is 2.26 bits per heavy atom. The number of alkyl halides is 2. The van der Waals surface area contributed by atoms with Crippen molar-refractivity contribution in [2.24, 2.45) is 0 Å². The number of carbonyl (C=O) groups excluding carboxylic acids is 2. The Morgan fingerprint density at radius 3 is 2.96 bits per heavy atom. The van der Waals surface area contributed by atoms with Gasteiger partial charge in [-0.15, -0.1) is 0 Å². The second-order valence-corrected chi connectivity index (χ2v) is 5.11. The minimum atomic E-state index is -2.95. The van der Waals surface area contributed by atoms with Gasteiger partial charge in [0.2, 0.25) is 5.91 Å². The van der Waals surface area contributed by atoms with Crippen molar-refractivity contribution in [3.8, 4) is 5.75 Å². The Bertz CT molecular complexity index is 568. The van der Waals surface area contributed by atoms with Gasteiger partial charge in [-0.2, -0.15) is 8.78 Å². The van der Waals surface area contributed by atoms with E-state index in [0.29, 0.717) is 19.7 Å². The largest absolute Gasteiger partial charge is 0.435 e. The molecule has 1 heterocycles. The van der Waals surface area contributed by atoms with E-state index in [1.54, 1.807) is 12.0 Å². The molecule has 6 nitrogen and oxygen atoms in total. The number of carbonyl (C=O) groups is 2. The first-order valence-corrected chi connectivity index (χ1v) is 7.12. The second-order valence-electron chi connectivity index (χ2n) is 5.11. The lowest BCUT2D eigenvalue weighted by Crippen LogP contribution is -2.37. The van der Waals surface area contributed by atoms with E-state index in [0.717, 1.165) is 0 Å². The van der Waals surface area contributed by atoms with Crippen molar-refractivity contribution in [3.05, 3.63) is 29.8 Å². The Labute approximate surface area is 132 Å². The van der Waals surface area contributed by atoms with Crippen molar-refractivity contribution >= 4 is 11.8 Å². The van der Waals surface area contributed by atoms with Gasteiger partial charge >= 0.3 is 6.61 Å². The summed E-state index contributed by atoms with van der Waals surface area (Å²) in [4.78, 5) is 25.6. The number of rotatable bonds is 7. The number of amides is 2. The number of methoxy groups -OCH3 is 1. The van der Waals surface area contributed by atoms with Gasteiger partial charge in [-0.3, -0.25) is 9.59 Å². The lowest BCUT2D eigenvalue weighted by Gasteiger charge is -2.16. The summed E-state index contributed by atoms with van der Waals surface area (Å²) in [5.74, 6) is -0.574. The number of halogens is 2. The minimum Gasteiger partial charge on any atom is -0.435 e. The fraction of sp³-hybridized carbons (Fsp3) is 0.467. The predicted octanol–water partition coefficient (Wildman–Crippen LogP) is 1.27. The van der Waals surface area contributed by atoms with E-state index in [1.807, 2.05) is 0 Å². The summed E-state index contributed by atoms with van der Waals surface area (Å²) in [6, 6.07) is 5.21. The van der Waals surface area contributed by atoms with Crippen molar-refractivity contribution in [1.29, 1.82) is 0 Å². The number of benzene rings is 1. The lowest BCUT2D eigenvalue weighted by molar-refractivity contribution is -0.128. The van der Waals surface area contributed by atoms with Gasteiger partial charge in [0.05, 0.1) is 12.6 Å². The van der Waals surface area contributed by atoms with Gasteiger partial charge in [0.1, 0.15) is 5.75 Å². The van der Waals surface area contributed by atoms with Crippen LogP contribution < -0.4 is 10.1 Å². The molecule has 0 radical (unpaired) electrons. The molecule has 23 heavy (non-hydrogen) atoms. The van der Waals surface area contributed by atoms with Crippen LogP contribution >= 0.6 is 0 Å². The van der Waals surface area contributed by atoms with Crippen molar-refractivity contribution in [1.82, 2.24) is 10.2 Å². The van der Waals surface area contributed by atoms with Crippen LogP contribution in [-0.2, 0) is 9.53 Å². The van der Waals surface area contributed by atoms with Crippen LogP contribution in [0, 0.1) is 0 Å². The Balaban J connectivity index is 1.93. The minimum absolute atomic E-state index is 0.0536. The van der Waals surface area contributed by atoms with Gasteiger partial charge in [-0.1, -0.05) is 6.07 Å². The molecule has 126 valence electrons. The molecule has 1 atom stereocenters. The van der Waals surface area contributed by atoms with E-state index >= 15 is 0 Å². The van der Waals surface area contributed by atoms with E-state index in [1.165, 1.54) is 24.3 Å². The Morgan fingerprint density at radius 1 is 1.48 bits per heavy atom. The molecule has 1 aliphatic heterocycles. The van der Waals surface area contributed by atoms with E-state index in [-0.39, 0.29) is 29.7 Å². The highest BCUT2D eigenvalue weighted by Crippen LogP contribution is 2.17. The third-order valence-electron chi connectivity index (χ3n) is 3.44. The molecular weight excluding hydrogens is 310 g/mol. The molecule has 1 saturated heterocycles. The summed E-state index contributed by atoms with van der Waals surface area (Å²) < 4.78 is 33.6. The number of hydrogen-bond donors (Lipinski definition) is 1. The van der Waals surface area contributed by atoms with E-state index in [9.17, 15) is 18.4 Å². The number of ether oxygens (including phenoxy) is 2. The molecule has 1 N–H and O–H groups in total. The maximum atomic E-state index is 12.2. The molecule has 2 amide bonds. The standard InChI is InChI=1S/C15H18F2N2O4/c1-22-6-5-19-9-11(8-13(19)20)18-14(21)10-3-2-4-12(7-10)23-15(16)17/h2-4,7,11,15H,5-6,8-9H2,1H3,(H,18,21)/t11-/m0/s1. The quantitative estimate of drug-likeness (QED) is 0.818. The highest BCUT2D eigenvalue weighted by Gasteiger charge is 2.30. The first kappa shape index (κ1) is 17.1. The van der Waals surface area contributed by atoms with E-state index in [2.05, 4.69) is 10.1 Å². The van der Waals surface area contributed by atoms with Crippen LogP contribution in [-0.4, -0.2) is 56.2 Å². The molecule has 1 aliphatic rings. The van der Waals surface area contributed by atoms with Crippen LogP contribution in [0.1, 0.15) is 16.8 Å². The summed E-state index contributed by atoms with van der Waals surface area (Å²) in [6.07, 6.45) is 0.211. The fourth-order valence-corrected chi connectivity index (χ4v) is 2.37. The van der Waals surface area contributed by atoms with Crippen LogP contribution in [0.3, 0.4) is 0 Å². The van der Waals surface area contributed by atoms with Crippen LogP contribution in [0.5, 0.6) is 5.75 Å². The van der Waals surface area contributed by atoms with Crippen molar-refractivity contribution in [2.45, 2.75) is 19.1 Å². The summed E-state index contributed by atoms with van der Waals surface area (Å²) in [5.41, 5.74) is 0.200. The maximum Gasteiger partial charge on any atom is 0.387 e. The van der Waals surface area contributed by atoms with Crippen molar-refractivity contribution in [3.63, 3.8) is 0 Å². The van der Waals surface area contributed by atoms with Gasteiger partial charge in [0, 0.05) is 32.2 Å². The van der Waals surface area contributed by atoms with Crippen molar-refractivity contribution < 1.29 is 27.8 Å². The third-order valence-corrected chi connectivity index (χ3v) is 3.44. The summed E-state index contributed by atoms with van der Waals surface area (Å²) >= 11 is 0. The molecule has 1 aromatic carbocycles. The molecule has 2 rings (SSSR count). The van der Waals surface area contributed by atoms with Crippen molar-refractivity contribution in [2.75, 3.05) is 26.8 Å². The summed E-state index contributed by atoms with van der Waals surface area (Å²) in [5, 5.41) is 2.73. The topological polar surface area (TPSA) is 67.9 Å². The molecule has 8 heteroatoms. The average molecular weight is 328 g/mol. The molecule has 0 aliphatic carbocycles. The summed E-state index contributed by atoms with van der Waals surface area (Å²) in [7, 11) is 1.55. The summed E-state index contributed by atoms with van der Waals surface area (Å²) in [6.45, 7) is -1.64. The zero-order valence-corrected chi connectivity index (χ0v) is 12.6. The SMILES string of the molecule is COCCN1C[C@@H](NC(=O)c2cccc(OC(F)F)c2)CC1=O. The molecule has 0 spiro atoms. The number of likely N-dealkylation sites (tertiary alicyclic amines) is 1. The Kier molecular flexibility index (Phi) is 5.86. The zero-order valence-electron chi connectivity index (χ0n) is 12.6. The van der Waals surface area contributed by atoms with E-state index in [4.69, 9.17) is 4.74 Å². The van der Waals surface area contributed by atoms with Gasteiger partial charge in [0.15, 0.2) is 0 Å². The first-order valence-electron chi connectivity index (χ1n) is 7.12. The lowest BCUT2D eigenvalue weighted by atomic mass is 10.1.